The highest BCUT2D eigenvalue weighted by Crippen LogP contribution is 2.27. The van der Waals surface area contributed by atoms with Gasteiger partial charge in [-0.2, -0.15) is 5.10 Å². The Morgan fingerprint density at radius 3 is 2.44 bits per heavy atom. The van der Waals surface area contributed by atoms with Crippen molar-refractivity contribution in [3.63, 3.8) is 0 Å². The van der Waals surface area contributed by atoms with Gasteiger partial charge in [-0.3, -0.25) is 4.79 Å². The molecule has 0 aliphatic rings. The third-order valence-corrected chi connectivity index (χ3v) is 5.41. The van der Waals surface area contributed by atoms with Crippen molar-refractivity contribution in [1.29, 1.82) is 0 Å². The number of rotatable bonds is 6. The van der Waals surface area contributed by atoms with Gasteiger partial charge in [-0.25, -0.2) is 18.9 Å². The second kappa shape index (κ2) is 9.43. The van der Waals surface area contributed by atoms with Crippen molar-refractivity contribution in [2.45, 2.75) is 39.8 Å². The number of para-hydroxylation sites is 1. The van der Waals surface area contributed by atoms with E-state index in [2.05, 4.69) is 10.4 Å². The minimum Gasteiger partial charge on any atom is -0.449 e. The SMILES string of the molecule is Cc1ccc(-c2cc(C(=O)OC(C)C(=O)Nc3ccccc3F)c3cnn(C(C)C)c3n2)cc1. The highest BCUT2D eigenvalue weighted by molar-refractivity contribution is 6.05. The molecule has 0 radical (unpaired) electrons. The summed E-state index contributed by atoms with van der Waals surface area (Å²) < 4.78 is 21.1. The summed E-state index contributed by atoms with van der Waals surface area (Å²) in [5, 5.41) is 7.36. The van der Waals surface area contributed by atoms with Crippen molar-refractivity contribution >= 4 is 28.6 Å². The van der Waals surface area contributed by atoms with Crippen LogP contribution in [-0.2, 0) is 9.53 Å². The van der Waals surface area contributed by atoms with Gasteiger partial charge >= 0.3 is 5.97 Å². The van der Waals surface area contributed by atoms with Crippen LogP contribution >= 0.6 is 0 Å². The first-order valence-electron chi connectivity index (χ1n) is 11.0. The second-order valence-corrected chi connectivity index (χ2v) is 8.36. The van der Waals surface area contributed by atoms with Crippen LogP contribution in [0.15, 0.2) is 60.8 Å². The Labute approximate surface area is 196 Å². The first kappa shape index (κ1) is 23.1. The van der Waals surface area contributed by atoms with E-state index in [0.717, 1.165) is 11.1 Å². The first-order chi connectivity index (χ1) is 16.2. The van der Waals surface area contributed by atoms with Crippen molar-refractivity contribution < 1.29 is 18.7 Å². The first-order valence-corrected chi connectivity index (χ1v) is 11.0. The Balaban J connectivity index is 1.66. The molecule has 2 heterocycles. The molecule has 34 heavy (non-hydrogen) atoms. The third-order valence-electron chi connectivity index (χ3n) is 5.41. The molecule has 7 nitrogen and oxygen atoms in total. The maximum atomic E-state index is 13.9. The van der Waals surface area contributed by atoms with Gasteiger partial charge in [0.25, 0.3) is 5.91 Å². The minimum absolute atomic E-state index is 0.0153. The molecule has 2 aromatic heterocycles. The average molecular weight is 461 g/mol. The molecule has 0 spiro atoms. The number of carbonyl (C=O) groups excluding carboxylic acids is 2. The number of amides is 1. The quantitative estimate of drug-likeness (QED) is 0.394. The van der Waals surface area contributed by atoms with E-state index in [9.17, 15) is 14.0 Å². The van der Waals surface area contributed by atoms with Crippen LogP contribution < -0.4 is 5.32 Å². The molecule has 1 atom stereocenters. The number of nitrogens with one attached hydrogen (secondary N) is 1. The van der Waals surface area contributed by atoms with Crippen molar-refractivity contribution in [2.75, 3.05) is 5.32 Å². The zero-order valence-corrected chi connectivity index (χ0v) is 19.4. The summed E-state index contributed by atoms with van der Waals surface area (Å²) in [5.41, 5.74) is 3.34. The lowest BCUT2D eigenvalue weighted by molar-refractivity contribution is -0.123. The zero-order valence-electron chi connectivity index (χ0n) is 19.4. The van der Waals surface area contributed by atoms with Crippen LogP contribution in [-0.4, -0.2) is 32.7 Å². The van der Waals surface area contributed by atoms with E-state index in [4.69, 9.17) is 9.72 Å². The normalized spacial score (nSPS) is 12.1. The summed E-state index contributed by atoms with van der Waals surface area (Å²) in [4.78, 5) is 30.4. The molecule has 8 heteroatoms. The fraction of sp³-hybridized carbons (Fsp3) is 0.231. The Morgan fingerprint density at radius 2 is 1.76 bits per heavy atom. The number of hydrogen-bond acceptors (Lipinski definition) is 5. The Hall–Kier alpha value is -4.07. The Morgan fingerprint density at radius 1 is 1.06 bits per heavy atom. The maximum absolute atomic E-state index is 13.9. The van der Waals surface area contributed by atoms with Crippen LogP contribution in [0, 0.1) is 12.7 Å². The Bertz CT molecular complexity index is 1360. The molecule has 2 aromatic carbocycles. The number of aryl methyl sites for hydroxylation is 1. The van der Waals surface area contributed by atoms with Crippen LogP contribution in [0.25, 0.3) is 22.3 Å². The molecule has 1 N–H and O–H groups in total. The monoisotopic (exact) mass is 460 g/mol. The number of fused-ring (bicyclic) bond motifs is 1. The minimum atomic E-state index is -1.15. The topological polar surface area (TPSA) is 86.1 Å². The smallest absolute Gasteiger partial charge is 0.339 e. The fourth-order valence-electron chi connectivity index (χ4n) is 3.51. The van der Waals surface area contributed by atoms with Crippen molar-refractivity contribution in [3.05, 3.63) is 77.7 Å². The maximum Gasteiger partial charge on any atom is 0.339 e. The number of nitrogens with zero attached hydrogens (tertiary/aromatic N) is 3. The van der Waals surface area contributed by atoms with E-state index in [-0.39, 0.29) is 17.3 Å². The summed E-state index contributed by atoms with van der Waals surface area (Å²) in [6.07, 6.45) is 0.417. The predicted molar refractivity (Wildman–Crippen MR) is 128 cm³/mol. The number of aromatic nitrogens is 3. The molecular weight excluding hydrogens is 435 g/mol. The molecule has 4 aromatic rings. The van der Waals surface area contributed by atoms with Gasteiger partial charge in [0.2, 0.25) is 0 Å². The number of pyridine rings is 1. The van der Waals surface area contributed by atoms with Crippen molar-refractivity contribution in [2.24, 2.45) is 0 Å². The van der Waals surface area contributed by atoms with E-state index in [0.29, 0.717) is 16.7 Å². The molecule has 1 amide bonds. The number of anilines is 1. The molecule has 0 bridgehead atoms. The fourth-order valence-corrected chi connectivity index (χ4v) is 3.51. The van der Waals surface area contributed by atoms with Gasteiger partial charge in [0, 0.05) is 11.6 Å². The lowest BCUT2D eigenvalue weighted by atomic mass is 10.1. The third kappa shape index (κ3) is 4.66. The van der Waals surface area contributed by atoms with E-state index in [1.807, 2.05) is 45.0 Å². The van der Waals surface area contributed by atoms with E-state index < -0.39 is 23.8 Å². The second-order valence-electron chi connectivity index (χ2n) is 8.36. The standard InChI is InChI=1S/C26H25FN4O3/c1-15(2)31-24-20(14-28-31)19(13-23(29-24)18-11-9-16(3)10-12-18)26(33)34-17(4)25(32)30-22-8-6-5-7-21(22)27/h5-15,17H,1-4H3,(H,30,32). The summed E-state index contributed by atoms with van der Waals surface area (Å²) in [7, 11) is 0. The van der Waals surface area contributed by atoms with Gasteiger partial charge in [0.1, 0.15) is 5.82 Å². The average Bonchev–Trinajstić information content (AvgIpc) is 3.24. The molecule has 0 fully saturated rings. The number of halogens is 1. The van der Waals surface area contributed by atoms with Crippen molar-refractivity contribution in [1.82, 2.24) is 14.8 Å². The number of carbonyl (C=O) groups is 2. The van der Waals surface area contributed by atoms with Gasteiger partial charge < -0.3 is 10.1 Å². The molecule has 4 rings (SSSR count). The zero-order chi connectivity index (χ0) is 24.4. The van der Waals surface area contributed by atoms with Gasteiger partial charge in [0.05, 0.1) is 28.5 Å². The van der Waals surface area contributed by atoms with Crippen LogP contribution in [0.3, 0.4) is 0 Å². The van der Waals surface area contributed by atoms with Gasteiger partial charge in [-0.05, 0) is 45.9 Å². The largest absolute Gasteiger partial charge is 0.449 e. The number of ether oxygens (including phenoxy) is 1. The van der Waals surface area contributed by atoms with Crippen LogP contribution in [0.1, 0.15) is 42.7 Å². The molecule has 0 saturated carbocycles. The molecule has 0 aliphatic heterocycles. The van der Waals surface area contributed by atoms with Gasteiger partial charge in [0.15, 0.2) is 11.8 Å². The van der Waals surface area contributed by atoms with Crippen LogP contribution in [0.5, 0.6) is 0 Å². The van der Waals surface area contributed by atoms with Gasteiger partial charge in [-0.15, -0.1) is 0 Å². The number of benzene rings is 2. The molecule has 0 saturated heterocycles. The lowest BCUT2D eigenvalue weighted by Crippen LogP contribution is -2.30. The van der Waals surface area contributed by atoms with Crippen LogP contribution in [0.2, 0.25) is 0 Å². The van der Waals surface area contributed by atoms with Crippen molar-refractivity contribution in [3.8, 4) is 11.3 Å². The summed E-state index contributed by atoms with van der Waals surface area (Å²) in [6.45, 7) is 7.37. The summed E-state index contributed by atoms with van der Waals surface area (Å²) in [5.74, 6) is -1.91. The molecular formula is C26H25FN4O3. The highest BCUT2D eigenvalue weighted by atomic mass is 19.1. The predicted octanol–water partition coefficient (Wildman–Crippen LogP) is 5.31. The number of esters is 1. The van der Waals surface area contributed by atoms with E-state index in [1.54, 1.807) is 23.0 Å². The summed E-state index contributed by atoms with van der Waals surface area (Å²) >= 11 is 0. The molecule has 0 aliphatic carbocycles. The number of hydrogen-bond donors (Lipinski definition) is 1. The van der Waals surface area contributed by atoms with Crippen LogP contribution in [0.4, 0.5) is 10.1 Å². The highest BCUT2D eigenvalue weighted by Gasteiger charge is 2.24. The molecule has 174 valence electrons. The summed E-state index contributed by atoms with van der Waals surface area (Å²) in [6, 6.07) is 15.2. The van der Waals surface area contributed by atoms with E-state index >= 15 is 0 Å². The van der Waals surface area contributed by atoms with Gasteiger partial charge in [-0.1, -0.05) is 42.0 Å². The lowest BCUT2D eigenvalue weighted by Gasteiger charge is -2.15. The van der Waals surface area contributed by atoms with E-state index in [1.165, 1.54) is 25.1 Å². The molecule has 1 unspecified atom stereocenters. The Kier molecular flexibility index (Phi) is 6.40.